The van der Waals surface area contributed by atoms with E-state index in [1.165, 1.54) is 10.9 Å². The molecule has 1 saturated heterocycles. The molecule has 4 aromatic rings. The van der Waals surface area contributed by atoms with Crippen molar-refractivity contribution in [3.8, 4) is 11.1 Å². The Morgan fingerprint density at radius 3 is 2.50 bits per heavy atom. The number of rotatable bonds is 5. The Morgan fingerprint density at radius 2 is 1.81 bits per heavy atom. The van der Waals surface area contributed by atoms with Crippen molar-refractivity contribution >= 4 is 34.6 Å². The summed E-state index contributed by atoms with van der Waals surface area (Å²) in [5.74, 6) is -0.804. The van der Waals surface area contributed by atoms with Gasteiger partial charge in [0.05, 0.1) is 12.2 Å². The molecule has 5 rings (SSSR count). The van der Waals surface area contributed by atoms with Gasteiger partial charge in [0.1, 0.15) is 11.4 Å². The molecule has 42 heavy (non-hydrogen) atoms. The van der Waals surface area contributed by atoms with Gasteiger partial charge in [-0.1, -0.05) is 30.3 Å². The van der Waals surface area contributed by atoms with Gasteiger partial charge in [-0.15, -0.1) is 0 Å². The van der Waals surface area contributed by atoms with Crippen LogP contribution in [0.3, 0.4) is 0 Å². The number of benzene rings is 2. The highest BCUT2D eigenvalue weighted by Crippen LogP contribution is 2.33. The van der Waals surface area contributed by atoms with E-state index in [4.69, 9.17) is 9.72 Å². The molecule has 2 aromatic carbocycles. The highest BCUT2D eigenvalue weighted by atomic mass is 16.6. The largest absolute Gasteiger partial charge is 0.477 e. The molecule has 0 aliphatic carbocycles. The number of ether oxygens (including phenoxy) is 1. The van der Waals surface area contributed by atoms with Crippen LogP contribution in [0.15, 0.2) is 60.9 Å². The minimum atomic E-state index is -1.08. The van der Waals surface area contributed by atoms with E-state index >= 15 is 0 Å². The number of anilines is 1. The summed E-state index contributed by atoms with van der Waals surface area (Å²) in [6.07, 6.45) is 4.18. The number of aromatic nitrogens is 3. The average molecular weight is 570 g/mol. The molecule has 10 nitrogen and oxygen atoms in total. The topological polar surface area (TPSA) is 118 Å². The molecule has 2 amide bonds. The van der Waals surface area contributed by atoms with Gasteiger partial charge in [-0.3, -0.25) is 14.4 Å². The molecule has 1 N–H and O–H groups in total. The monoisotopic (exact) mass is 569 g/mol. The van der Waals surface area contributed by atoms with Crippen molar-refractivity contribution in [1.82, 2.24) is 19.7 Å². The molecule has 1 fully saturated rings. The number of aromatic carboxylic acids is 1. The Kier molecular flexibility index (Phi) is 7.73. The number of hydrogen-bond acceptors (Lipinski definition) is 6. The number of pyridine rings is 1. The molecule has 1 aliphatic heterocycles. The van der Waals surface area contributed by atoms with Crippen molar-refractivity contribution in [2.75, 3.05) is 18.0 Å². The van der Waals surface area contributed by atoms with Crippen LogP contribution in [0.5, 0.6) is 0 Å². The number of carbonyl (C=O) groups is 3. The van der Waals surface area contributed by atoms with Crippen molar-refractivity contribution in [2.24, 2.45) is 7.05 Å². The van der Waals surface area contributed by atoms with Gasteiger partial charge >= 0.3 is 12.1 Å². The molecule has 0 unspecified atom stereocenters. The molecular weight excluding hydrogens is 534 g/mol. The van der Waals surface area contributed by atoms with Crippen LogP contribution >= 0.6 is 0 Å². The Morgan fingerprint density at radius 1 is 1.07 bits per heavy atom. The second kappa shape index (κ2) is 11.3. The molecule has 0 bridgehead atoms. The predicted octanol–water partition coefficient (Wildman–Crippen LogP) is 5.69. The number of fused-ring (bicyclic) bond motifs is 1. The average Bonchev–Trinajstić information content (AvgIpc) is 3.34. The molecule has 10 heteroatoms. The first kappa shape index (κ1) is 28.8. The van der Waals surface area contributed by atoms with Gasteiger partial charge in [-0.05, 0) is 75.2 Å². The standard InChI is InChI=1S/C32H35N5O5/c1-20-8-6-9-22-15-16-33-28(26(20)22)37(24-10-7-17-36(19-24)31(41)42-32(2,3)4)29(38)23-13-11-21(12-14-23)25-18-34-35(5)27(25)30(39)40/h6,8-9,11-16,18,24H,7,10,17,19H2,1-5H3,(H,39,40)/t24-/m1/s1. The smallest absolute Gasteiger partial charge is 0.410 e. The lowest BCUT2D eigenvalue weighted by Crippen LogP contribution is -2.53. The molecule has 2 aromatic heterocycles. The van der Waals surface area contributed by atoms with E-state index in [9.17, 15) is 19.5 Å². The van der Waals surface area contributed by atoms with Gasteiger partial charge in [-0.25, -0.2) is 14.6 Å². The molecular formula is C32H35N5O5. The molecule has 218 valence electrons. The number of amides is 2. The summed E-state index contributed by atoms with van der Waals surface area (Å²) in [5.41, 5.74) is 1.94. The number of carboxylic acids is 1. The Balaban J connectivity index is 1.55. The summed E-state index contributed by atoms with van der Waals surface area (Å²) in [4.78, 5) is 47.3. The molecule has 0 radical (unpaired) electrons. The van der Waals surface area contributed by atoms with E-state index in [1.807, 2.05) is 52.0 Å². The molecule has 0 saturated carbocycles. The van der Waals surface area contributed by atoms with Crippen LogP contribution < -0.4 is 4.90 Å². The van der Waals surface area contributed by atoms with Gasteiger partial charge in [0, 0.05) is 42.8 Å². The fourth-order valence-corrected chi connectivity index (χ4v) is 5.50. The lowest BCUT2D eigenvalue weighted by molar-refractivity contribution is 0.0195. The van der Waals surface area contributed by atoms with Crippen molar-refractivity contribution in [1.29, 1.82) is 0 Å². The minimum absolute atomic E-state index is 0.0653. The fourth-order valence-electron chi connectivity index (χ4n) is 5.50. The number of hydrogen-bond donors (Lipinski definition) is 1. The Labute approximate surface area is 244 Å². The normalized spacial score (nSPS) is 15.5. The Bertz CT molecular complexity index is 1650. The van der Waals surface area contributed by atoms with Crippen LogP contribution in [-0.4, -0.2) is 67.5 Å². The lowest BCUT2D eigenvalue weighted by atomic mass is 9.99. The maximum Gasteiger partial charge on any atom is 0.410 e. The summed E-state index contributed by atoms with van der Waals surface area (Å²) in [5, 5.41) is 15.6. The van der Waals surface area contributed by atoms with Gasteiger partial charge in [0.2, 0.25) is 0 Å². The van der Waals surface area contributed by atoms with Gasteiger partial charge < -0.3 is 14.7 Å². The van der Waals surface area contributed by atoms with Crippen molar-refractivity contribution in [3.63, 3.8) is 0 Å². The lowest BCUT2D eigenvalue weighted by Gasteiger charge is -2.39. The molecule has 0 spiro atoms. The quantitative estimate of drug-likeness (QED) is 0.328. The SMILES string of the molecule is Cc1cccc2ccnc(N(C(=O)c3ccc(-c4cnn(C)c4C(=O)O)cc3)[C@@H]3CCCN(C(=O)OC(C)(C)C)C3)c12. The fraction of sp³-hybridized carbons (Fsp3) is 0.344. The maximum absolute atomic E-state index is 14.4. The number of likely N-dealkylation sites (tertiary alicyclic amines) is 1. The number of aryl methyl sites for hydroxylation is 2. The van der Waals surface area contributed by atoms with Crippen LogP contribution in [0.1, 0.15) is 60.0 Å². The zero-order valence-electron chi connectivity index (χ0n) is 24.5. The molecule has 1 aliphatic rings. The maximum atomic E-state index is 14.4. The van der Waals surface area contributed by atoms with Crippen LogP contribution in [0, 0.1) is 6.92 Å². The molecule has 3 heterocycles. The van der Waals surface area contributed by atoms with Crippen molar-refractivity contribution in [2.45, 2.75) is 52.2 Å². The third-order valence-corrected chi connectivity index (χ3v) is 7.42. The first-order valence-electron chi connectivity index (χ1n) is 14.0. The van der Waals surface area contributed by atoms with Crippen molar-refractivity contribution < 1.29 is 24.2 Å². The number of nitrogens with zero attached hydrogens (tertiary/aromatic N) is 5. The summed E-state index contributed by atoms with van der Waals surface area (Å²) >= 11 is 0. The van der Waals surface area contributed by atoms with Crippen molar-refractivity contribution in [3.05, 3.63) is 77.7 Å². The van der Waals surface area contributed by atoms with Gasteiger partial charge in [-0.2, -0.15) is 5.10 Å². The molecule has 1 atom stereocenters. The van der Waals surface area contributed by atoms with Gasteiger partial charge in [0.25, 0.3) is 5.91 Å². The summed E-state index contributed by atoms with van der Waals surface area (Å²) in [6, 6.07) is 14.4. The van der Waals surface area contributed by atoms with Crippen LogP contribution in [0.2, 0.25) is 0 Å². The summed E-state index contributed by atoms with van der Waals surface area (Å²) in [7, 11) is 1.58. The van der Waals surface area contributed by atoms with E-state index in [0.29, 0.717) is 48.4 Å². The zero-order chi connectivity index (χ0) is 30.2. The summed E-state index contributed by atoms with van der Waals surface area (Å²) < 4.78 is 6.96. The predicted molar refractivity (Wildman–Crippen MR) is 160 cm³/mol. The van der Waals surface area contributed by atoms with Crippen LogP contribution in [0.25, 0.3) is 21.9 Å². The van der Waals surface area contributed by atoms with E-state index in [-0.39, 0.29) is 17.6 Å². The van der Waals surface area contributed by atoms with Gasteiger partial charge in [0.15, 0.2) is 5.69 Å². The first-order chi connectivity index (χ1) is 19.9. The van der Waals surface area contributed by atoms with E-state index in [1.54, 1.807) is 47.3 Å². The second-order valence-electron chi connectivity index (χ2n) is 11.6. The number of piperidine rings is 1. The highest BCUT2D eigenvalue weighted by Gasteiger charge is 2.35. The third-order valence-electron chi connectivity index (χ3n) is 7.42. The van der Waals surface area contributed by atoms with E-state index in [0.717, 1.165) is 16.3 Å². The number of carbonyl (C=O) groups excluding carboxylic acids is 2. The van der Waals surface area contributed by atoms with Crippen LogP contribution in [-0.2, 0) is 11.8 Å². The first-order valence-corrected chi connectivity index (χ1v) is 14.0. The zero-order valence-corrected chi connectivity index (χ0v) is 24.5. The van der Waals surface area contributed by atoms with E-state index in [2.05, 4.69) is 5.10 Å². The minimum Gasteiger partial charge on any atom is -0.477 e. The highest BCUT2D eigenvalue weighted by molar-refractivity contribution is 6.11. The number of carboxylic acid groups (broad SMARTS) is 1. The third kappa shape index (κ3) is 5.70. The van der Waals surface area contributed by atoms with Crippen LogP contribution in [0.4, 0.5) is 10.6 Å². The second-order valence-corrected chi connectivity index (χ2v) is 11.6. The van der Waals surface area contributed by atoms with E-state index < -0.39 is 17.7 Å². The Hall–Kier alpha value is -4.73. The summed E-state index contributed by atoms with van der Waals surface area (Å²) in [6.45, 7) is 8.34.